The van der Waals surface area contributed by atoms with Gasteiger partial charge in [-0.15, -0.1) is 0 Å². The van der Waals surface area contributed by atoms with E-state index in [1.165, 1.54) is 6.07 Å². The van der Waals surface area contributed by atoms with Gasteiger partial charge in [0.2, 0.25) is 5.82 Å². The molecule has 1 heterocycles. The Labute approximate surface area is 122 Å². The van der Waals surface area contributed by atoms with Gasteiger partial charge in [0, 0.05) is 10.0 Å². The minimum absolute atomic E-state index is 0.0467. The van der Waals surface area contributed by atoms with Gasteiger partial charge in [-0.2, -0.15) is 4.98 Å². The summed E-state index contributed by atoms with van der Waals surface area (Å²) in [5, 5.41) is 23.2. The molecule has 0 atom stereocenters. The lowest BCUT2D eigenvalue weighted by molar-refractivity contribution is 0.425. The van der Waals surface area contributed by atoms with Crippen molar-refractivity contribution in [3.8, 4) is 34.3 Å². The Bertz CT molecular complexity index is 771. The predicted octanol–water partition coefficient (Wildman–Crippen LogP) is 3.58. The van der Waals surface area contributed by atoms with Gasteiger partial charge in [0.05, 0.1) is 5.56 Å². The highest BCUT2D eigenvalue weighted by atomic mass is 79.9. The fraction of sp³-hybridized carbons (Fsp3) is 0. The highest BCUT2D eigenvalue weighted by Gasteiger charge is 2.14. The topological polar surface area (TPSA) is 79.4 Å². The van der Waals surface area contributed by atoms with Crippen LogP contribution in [0.5, 0.6) is 11.5 Å². The first kappa shape index (κ1) is 12.7. The van der Waals surface area contributed by atoms with Crippen LogP contribution in [0, 0.1) is 0 Å². The number of rotatable bonds is 2. The van der Waals surface area contributed by atoms with Gasteiger partial charge in [-0.25, -0.2) is 0 Å². The van der Waals surface area contributed by atoms with E-state index in [0.29, 0.717) is 17.0 Å². The summed E-state index contributed by atoms with van der Waals surface area (Å²) in [6, 6.07) is 11.6. The number of phenols is 2. The van der Waals surface area contributed by atoms with Gasteiger partial charge in [0.15, 0.2) is 0 Å². The van der Waals surface area contributed by atoms with Crippen molar-refractivity contribution < 1.29 is 14.7 Å². The number of aromatic nitrogens is 2. The van der Waals surface area contributed by atoms with Gasteiger partial charge in [-0.05, 0) is 30.3 Å². The zero-order chi connectivity index (χ0) is 14.1. The summed E-state index contributed by atoms with van der Waals surface area (Å²) in [6.45, 7) is 0. The van der Waals surface area contributed by atoms with Crippen LogP contribution in [0.15, 0.2) is 51.5 Å². The van der Waals surface area contributed by atoms with E-state index in [1.54, 1.807) is 36.4 Å². The third-order valence-electron chi connectivity index (χ3n) is 2.72. The highest BCUT2D eigenvalue weighted by Crippen LogP contribution is 2.32. The van der Waals surface area contributed by atoms with Crippen molar-refractivity contribution in [2.45, 2.75) is 0 Å². The summed E-state index contributed by atoms with van der Waals surface area (Å²) in [4.78, 5) is 4.22. The van der Waals surface area contributed by atoms with Crippen LogP contribution < -0.4 is 0 Å². The largest absolute Gasteiger partial charge is 0.508 e. The number of nitrogens with zero attached hydrogens (tertiary/aromatic N) is 2. The van der Waals surface area contributed by atoms with Gasteiger partial charge in [-0.1, -0.05) is 33.2 Å². The number of phenolic OH excluding ortho intramolecular Hbond substituents is 2. The van der Waals surface area contributed by atoms with E-state index >= 15 is 0 Å². The molecule has 2 N–H and O–H groups in total. The van der Waals surface area contributed by atoms with E-state index in [2.05, 4.69) is 26.1 Å². The zero-order valence-corrected chi connectivity index (χ0v) is 11.7. The summed E-state index contributed by atoms with van der Waals surface area (Å²) >= 11 is 3.26. The molecule has 0 fully saturated rings. The number of hydrogen-bond acceptors (Lipinski definition) is 5. The van der Waals surface area contributed by atoms with E-state index in [1.807, 2.05) is 0 Å². The van der Waals surface area contributed by atoms with Crippen LogP contribution in [0.25, 0.3) is 22.8 Å². The molecule has 0 saturated heterocycles. The van der Waals surface area contributed by atoms with Crippen LogP contribution in [-0.4, -0.2) is 20.4 Å². The monoisotopic (exact) mass is 332 g/mol. The lowest BCUT2D eigenvalue weighted by atomic mass is 10.2. The second-order valence-corrected chi connectivity index (χ2v) is 5.05. The van der Waals surface area contributed by atoms with Crippen LogP contribution in [0.2, 0.25) is 0 Å². The quantitative estimate of drug-likeness (QED) is 0.749. The Hall–Kier alpha value is -2.34. The minimum Gasteiger partial charge on any atom is -0.508 e. The van der Waals surface area contributed by atoms with Crippen LogP contribution >= 0.6 is 15.9 Å². The first-order valence-electron chi connectivity index (χ1n) is 5.75. The summed E-state index contributed by atoms with van der Waals surface area (Å²) in [5.41, 5.74) is 1.09. The molecule has 20 heavy (non-hydrogen) atoms. The van der Waals surface area contributed by atoms with E-state index in [4.69, 9.17) is 4.52 Å². The molecule has 0 bridgehead atoms. The normalized spacial score (nSPS) is 10.7. The van der Waals surface area contributed by atoms with E-state index < -0.39 is 0 Å². The molecule has 0 unspecified atom stereocenters. The number of hydrogen-bond donors (Lipinski definition) is 2. The van der Waals surface area contributed by atoms with E-state index in [9.17, 15) is 10.2 Å². The van der Waals surface area contributed by atoms with Crippen LogP contribution in [0.1, 0.15) is 0 Å². The Morgan fingerprint density at radius 1 is 1.05 bits per heavy atom. The molecule has 0 aliphatic heterocycles. The maximum atomic E-state index is 9.87. The Morgan fingerprint density at radius 2 is 1.90 bits per heavy atom. The summed E-state index contributed by atoms with van der Waals surface area (Å²) in [5.74, 6) is 0.734. The maximum Gasteiger partial charge on any atom is 0.261 e. The Kier molecular flexibility index (Phi) is 3.15. The molecule has 0 spiro atoms. The van der Waals surface area contributed by atoms with Crippen molar-refractivity contribution in [3.63, 3.8) is 0 Å². The lowest BCUT2D eigenvalue weighted by Crippen LogP contribution is -1.82. The summed E-state index contributed by atoms with van der Waals surface area (Å²) < 4.78 is 5.90. The molecule has 0 saturated carbocycles. The predicted molar refractivity (Wildman–Crippen MR) is 76.2 cm³/mol. The molecule has 6 heteroatoms. The molecule has 0 aliphatic carbocycles. The Morgan fingerprint density at radius 3 is 2.65 bits per heavy atom. The molecule has 3 aromatic rings. The molecule has 2 aromatic carbocycles. The average Bonchev–Trinajstić information content (AvgIpc) is 2.88. The number of halogens is 1. The second kappa shape index (κ2) is 4.97. The van der Waals surface area contributed by atoms with Gasteiger partial charge >= 0.3 is 0 Å². The number of aromatic hydroxyl groups is 2. The van der Waals surface area contributed by atoms with E-state index in [-0.39, 0.29) is 17.4 Å². The Balaban J connectivity index is 2.02. The summed E-state index contributed by atoms with van der Waals surface area (Å²) in [7, 11) is 0. The van der Waals surface area contributed by atoms with Crippen LogP contribution in [0.4, 0.5) is 0 Å². The smallest absolute Gasteiger partial charge is 0.261 e. The molecule has 0 amide bonds. The van der Waals surface area contributed by atoms with Crippen LogP contribution in [0.3, 0.4) is 0 Å². The van der Waals surface area contributed by atoms with Crippen LogP contribution in [-0.2, 0) is 0 Å². The molecule has 1 aromatic heterocycles. The first-order chi connectivity index (χ1) is 9.63. The molecule has 5 nitrogen and oxygen atoms in total. The molecular weight excluding hydrogens is 324 g/mol. The van der Waals surface area contributed by atoms with Crippen molar-refractivity contribution in [2.75, 3.05) is 0 Å². The SMILES string of the molecule is Oc1cccc(-c2noc(-c3ccc(Br)cc3O)n2)c1. The van der Waals surface area contributed by atoms with Gasteiger partial charge < -0.3 is 14.7 Å². The van der Waals surface area contributed by atoms with Crippen molar-refractivity contribution >= 4 is 15.9 Å². The molecule has 3 rings (SSSR count). The standard InChI is InChI=1S/C14H9BrN2O3/c15-9-4-5-11(12(19)7-9)14-16-13(17-20-14)8-2-1-3-10(18)6-8/h1-7,18-19H. The van der Waals surface area contributed by atoms with E-state index in [0.717, 1.165) is 4.47 Å². The third kappa shape index (κ3) is 2.37. The maximum absolute atomic E-state index is 9.87. The fourth-order valence-electron chi connectivity index (χ4n) is 1.78. The third-order valence-corrected chi connectivity index (χ3v) is 3.21. The minimum atomic E-state index is 0.0467. The molecule has 0 radical (unpaired) electrons. The highest BCUT2D eigenvalue weighted by molar-refractivity contribution is 9.10. The van der Waals surface area contributed by atoms with Crippen molar-refractivity contribution in [1.82, 2.24) is 10.1 Å². The molecular formula is C14H9BrN2O3. The van der Waals surface area contributed by atoms with Crippen molar-refractivity contribution in [2.24, 2.45) is 0 Å². The van der Waals surface area contributed by atoms with Crippen molar-refractivity contribution in [1.29, 1.82) is 0 Å². The first-order valence-corrected chi connectivity index (χ1v) is 6.55. The fourth-order valence-corrected chi connectivity index (χ4v) is 2.13. The van der Waals surface area contributed by atoms with Gasteiger partial charge in [0.1, 0.15) is 11.5 Å². The zero-order valence-electron chi connectivity index (χ0n) is 10.1. The van der Waals surface area contributed by atoms with Gasteiger partial charge in [0.25, 0.3) is 5.89 Å². The number of benzene rings is 2. The lowest BCUT2D eigenvalue weighted by Gasteiger charge is -1.99. The van der Waals surface area contributed by atoms with Gasteiger partial charge in [-0.3, -0.25) is 0 Å². The average molecular weight is 333 g/mol. The van der Waals surface area contributed by atoms with Crippen molar-refractivity contribution in [3.05, 3.63) is 46.9 Å². The summed E-state index contributed by atoms with van der Waals surface area (Å²) in [6.07, 6.45) is 0. The molecule has 100 valence electrons. The second-order valence-electron chi connectivity index (χ2n) is 4.13. The molecule has 0 aliphatic rings.